The zero-order valence-corrected chi connectivity index (χ0v) is 15.4. The van der Waals surface area contributed by atoms with Crippen molar-refractivity contribution in [2.24, 2.45) is 0 Å². The summed E-state index contributed by atoms with van der Waals surface area (Å²) in [6.07, 6.45) is 1.92. The number of carbonyl (C=O) groups is 2. The molecule has 0 saturated carbocycles. The number of carbonyl (C=O) groups excluding carboxylic acids is 2. The lowest BCUT2D eigenvalue weighted by atomic mass is 9.89. The molecule has 6 heteroatoms. The van der Waals surface area contributed by atoms with Crippen LogP contribution in [0.3, 0.4) is 0 Å². The van der Waals surface area contributed by atoms with Crippen molar-refractivity contribution in [2.75, 3.05) is 25.0 Å². The third-order valence-electron chi connectivity index (χ3n) is 4.76. The van der Waals surface area contributed by atoms with Crippen LogP contribution in [-0.4, -0.2) is 36.5 Å². The number of nitrogens with zero attached hydrogens (tertiary/aromatic N) is 1. The molecule has 0 radical (unpaired) electrons. The molecule has 2 N–H and O–H groups in total. The van der Waals surface area contributed by atoms with E-state index >= 15 is 0 Å². The molecule has 1 fully saturated rings. The number of urea groups is 1. The highest BCUT2D eigenvalue weighted by atomic mass is 19.1. The fraction of sp³-hybridized carbons (Fsp3) is 0.333. The van der Waals surface area contributed by atoms with Crippen LogP contribution in [0.2, 0.25) is 0 Å². The number of halogens is 1. The Morgan fingerprint density at radius 1 is 1.19 bits per heavy atom. The zero-order chi connectivity index (χ0) is 19.2. The van der Waals surface area contributed by atoms with Crippen LogP contribution in [-0.2, 0) is 0 Å². The maximum atomic E-state index is 13.0. The van der Waals surface area contributed by atoms with Gasteiger partial charge in [0.1, 0.15) is 5.82 Å². The Balaban J connectivity index is 1.70. The van der Waals surface area contributed by atoms with Gasteiger partial charge in [0.25, 0.3) is 5.91 Å². The Morgan fingerprint density at radius 3 is 2.70 bits per heavy atom. The van der Waals surface area contributed by atoms with Crippen molar-refractivity contribution in [2.45, 2.75) is 25.7 Å². The second kappa shape index (κ2) is 8.66. The Kier molecular flexibility index (Phi) is 6.06. The third-order valence-corrected chi connectivity index (χ3v) is 4.76. The first-order chi connectivity index (χ1) is 13.1. The number of hydrogen-bond donors (Lipinski definition) is 2. The highest BCUT2D eigenvalue weighted by Crippen LogP contribution is 2.27. The fourth-order valence-corrected chi connectivity index (χ4v) is 3.37. The standard InChI is InChI=1S/C21H24FN3O2/c1-2-23-21(27)25-12-4-7-17(14-25)15-5-3-6-16(13-15)20(26)24-19-10-8-18(22)9-11-19/h3,5-6,8-11,13,17H,2,4,7,12,14H2,1H3,(H,23,27)(H,24,26). The largest absolute Gasteiger partial charge is 0.338 e. The number of benzene rings is 2. The second-order valence-electron chi connectivity index (χ2n) is 6.71. The Bertz CT molecular complexity index is 807. The lowest BCUT2D eigenvalue weighted by Gasteiger charge is -2.33. The molecule has 2 aromatic rings. The number of nitrogens with one attached hydrogen (secondary N) is 2. The van der Waals surface area contributed by atoms with Crippen LogP contribution in [0.25, 0.3) is 0 Å². The van der Waals surface area contributed by atoms with Crippen molar-refractivity contribution in [3.8, 4) is 0 Å². The van der Waals surface area contributed by atoms with Gasteiger partial charge >= 0.3 is 6.03 Å². The Labute approximate surface area is 158 Å². The number of amides is 3. The molecule has 1 aliphatic heterocycles. The average molecular weight is 369 g/mol. The van der Waals surface area contributed by atoms with E-state index in [0.717, 1.165) is 24.9 Å². The molecule has 0 aromatic heterocycles. The first kappa shape index (κ1) is 18.9. The molecule has 1 saturated heterocycles. The molecule has 27 heavy (non-hydrogen) atoms. The SMILES string of the molecule is CCNC(=O)N1CCCC(c2cccc(C(=O)Nc3ccc(F)cc3)c2)C1. The third kappa shape index (κ3) is 4.84. The molecule has 0 spiro atoms. The fourth-order valence-electron chi connectivity index (χ4n) is 3.37. The van der Waals surface area contributed by atoms with E-state index in [-0.39, 0.29) is 23.7 Å². The summed E-state index contributed by atoms with van der Waals surface area (Å²) in [5.74, 6) is -0.372. The minimum Gasteiger partial charge on any atom is -0.338 e. The van der Waals surface area contributed by atoms with Crippen molar-refractivity contribution in [3.63, 3.8) is 0 Å². The van der Waals surface area contributed by atoms with Gasteiger partial charge in [-0.05, 0) is 61.7 Å². The number of piperidine rings is 1. The van der Waals surface area contributed by atoms with Crippen molar-refractivity contribution in [1.29, 1.82) is 0 Å². The maximum Gasteiger partial charge on any atom is 0.317 e. The summed E-state index contributed by atoms with van der Waals surface area (Å²) in [4.78, 5) is 26.4. The van der Waals surface area contributed by atoms with Gasteiger partial charge in [0.15, 0.2) is 0 Å². The first-order valence-corrected chi connectivity index (χ1v) is 9.26. The number of hydrogen-bond acceptors (Lipinski definition) is 2. The van der Waals surface area contributed by atoms with Gasteiger partial charge in [-0.2, -0.15) is 0 Å². The molecule has 0 aliphatic carbocycles. The van der Waals surface area contributed by atoms with Crippen LogP contribution in [0.1, 0.15) is 41.6 Å². The van der Waals surface area contributed by atoms with Gasteiger partial charge in [0.2, 0.25) is 0 Å². The van der Waals surface area contributed by atoms with E-state index in [1.165, 1.54) is 24.3 Å². The van der Waals surface area contributed by atoms with E-state index in [2.05, 4.69) is 10.6 Å². The molecular weight excluding hydrogens is 345 g/mol. The summed E-state index contributed by atoms with van der Waals surface area (Å²) in [5, 5.41) is 5.62. The average Bonchev–Trinajstić information content (AvgIpc) is 2.70. The highest BCUT2D eigenvalue weighted by molar-refractivity contribution is 6.04. The summed E-state index contributed by atoms with van der Waals surface area (Å²) in [6, 6.07) is 13.1. The van der Waals surface area contributed by atoms with Gasteiger partial charge in [-0.1, -0.05) is 12.1 Å². The van der Waals surface area contributed by atoms with Crippen LogP contribution in [0.5, 0.6) is 0 Å². The van der Waals surface area contributed by atoms with Gasteiger partial charge in [0.05, 0.1) is 0 Å². The molecule has 1 aliphatic rings. The van der Waals surface area contributed by atoms with Gasteiger partial charge in [-0.3, -0.25) is 4.79 Å². The summed E-state index contributed by atoms with van der Waals surface area (Å²) in [6.45, 7) is 3.92. The molecule has 1 atom stereocenters. The monoisotopic (exact) mass is 369 g/mol. The minimum absolute atomic E-state index is 0.0348. The molecule has 1 unspecified atom stereocenters. The zero-order valence-electron chi connectivity index (χ0n) is 15.4. The second-order valence-corrected chi connectivity index (χ2v) is 6.71. The van der Waals surface area contributed by atoms with Crippen LogP contribution < -0.4 is 10.6 Å². The van der Waals surface area contributed by atoms with Crippen molar-refractivity contribution in [1.82, 2.24) is 10.2 Å². The molecule has 5 nitrogen and oxygen atoms in total. The van der Waals surface area contributed by atoms with E-state index in [0.29, 0.717) is 24.3 Å². The van der Waals surface area contributed by atoms with Crippen molar-refractivity contribution < 1.29 is 14.0 Å². The van der Waals surface area contributed by atoms with Crippen LogP contribution in [0, 0.1) is 5.82 Å². The summed E-state index contributed by atoms with van der Waals surface area (Å²) in [7, 11) is 0. The quantitative estimate of drug-likeness (QED) is 0.856. The van der Waals surface area contributed by atoms with Gasteiger partial charge in [0, 0.05) is 36.8 Å². The number of anilines is 1. The Hall–Kier alpha value is -2.89. The first-order valence-electron chi connectivity index (χ1n) is 9.26. The van der Waals surface area contributed by atoms with Crippen molar-refractivity contribution in [3.05, 3.63) is 65.5 Å². The molecule has 2 aromatic carbocycles. The van der Waals surface area contributed by atoms with Crippen molar-refractivity contribution >= 4 is 17.6 Å². The summed E-state index contributed by atoms with van der Waals surface area (Å²) in [5.41, 5.74) is 2.15. The van der Waals surface area contributed by atoms with Crippen LogP contribution in [0.4, 0.5) is 14.9 Å². The van der Waals surface area contributed by atoms with Gasteiger partial charge in [-0.25, -0.2) is 9.18 Å². The molecule has 3 amide bonds. The summed E-state index contributed by atoms with van der Waals surface area (Å²) >= 11 is 0. The van der Waals surface area contributed by atoms with E-state index < -0.39 is 0 Å². The lowest BCUT2D eigenvalue weighted by Crippen LogP contribution is -2.44. The molecule has 0 bridgehead atoms. The van der Waals surface area contributed by atoms with E-state index in [1.807, 2.05) is 30.0 Å². The van der Waals surface area contributed by atoms with Gasteiger partial charge < -0.3 is 15.5 Å². The van der Waals surface area contributed by atoms with Crippen LogP contribution in [0.15, 0.2) is 48.5 Å². The summed E-state index contributed by atoms with van der Waals surface area (Å²) < 4.78 is 13.0. The normalized spacial score (nSPS) is 16.7. The van der Waals surface area contributed by atoms with E-state index in [1.54, 1.807) is 6.07 Å². The molecule has 3 rings (SSSR count). The maximum absolute atomic E-state index is 13.0. The minimum atomic E-state index is -0.344. The molecule has 1 heterocycles. The highest BCUT2D eigenvalue weighted by Gasteiger charge is 2.24. The topological polar surface area (TPSA) is 61.4 Å². The lowest BCUT2D eigenvalue weighted by molar-refractivity contribution is 0.102. The predicted octanol–water partition coefficient (Wildman–Crippen LogP) is 3.99. The van der Waals surface area contributed by atoms with E-state index in [9.17, 15) is 14.0 Å². The van der Waals surface area contributed by atoms with E-state index in [4.69, 9.17) is 0 Å². The van der Waals surface area contributed by atoms with Crippen LogP contribution >= 0.6 is 0 Å². The Morgan fingerprint density at radius 2 is 1.96 bits per heavy atom. The van der Waals surface area contributed by atoms with Gasteiger partial charge in [-0.15, -0.1) is 0 Å². The predicted molar refractivity (Wildman–Crippen MR) is 103 cm³/mol. The number of rotatable bonds is 4. The molecule has 142 valence electrons. The number of likely N-dealkylation sites (tertiary alicyclic amines) is 1. The molecular formula is C21H24FN3O2. The smallest absolute Gasteiger partial charge is 0.317 e.